The fourth-order valence-corrected chi connectivity index (χ4v) is 3.85. The molecule has 0 saturated carbocycles. The zero-order valence-electron chi connectivity index (χ0n) is 19.7. The smallest absolute Gasteiger partial charge is 0.489 e. The Hall–Kier alpha value is -3.76. The highest BCUT2D eigenvalue weighted by Crippen LogP contribution is 2.37. The molecule has 0 aromatic heterocycles. The van der Waals surface area contributed by atoms with Crippen LogP contribution in [0.25, 0.3) is 22.6 Å². The molecule has 9 nitrogen and oxygen atoms in total. The van der Waals surface area contributed by atoms with E-state index in [4.69, 9.17) is 18.5 Å². The summed E-state index contributed by atoms with van der Waals surface area (Å²) >= 11 is 0. The Morgan fingerprint density at radius 2 is 1.74 bits per heavy atom. The van der Waals surface area contributed by atoms with Gasteiger partial charge in [0.05, 0.1) is 21.6 Å². The van der Waals surface area contributed by atoms with E-state index in [1.807, 2.05) is 27.7 Å². The van der Waals surface area contributed by atoms with E-state index in [-0.39, 0.29) is 17.7 Å². The lowest BCUT2D eigenvalue weighted by Crippen LogP contribution is -2.41. The summed E-state index contributed by atoms with van der Waals surface area (Å²) in [7, 11) is -0.838. The van der Waals surface area contributed by atoms with Crippen LogP contribution >= 0.6 is 0 Å². The van der Waals surface area contributed by atoms with Crippen LogP contribution in [0.2, 0.25) is 0 Å². The van der Waals surface area contributed by atoms with Crippen LogP contribution in [-0.2, 0) is 15.9 Å². The highest BCUT2D eigenvalue weighted by molar-refractivity contribution is 6.63. The minimum atomic E-state index is -0.838. The molecule has 1 fully saturated rings. The molecule has 2 aromatic rings. The molecule has 10 heteroatoms. The summed E-state index contributed by atoms with van der Waals surface area (Å²) in [5, 5.41) is 11.8. The van der Waals surface area contributed by atoms with E-state index in [0.29, 0.717) is 39.3 Å². The number of benzene rings is 3. The summed E-state index contributed by atoms with van der Waals surface area (Å²) in [6.07, 6.45) is 0. The first-order chi connectivity index (χ1) is 16.5. The predicted molar refractivity (Wildman–Crippen MR) is 130 cm³/mol. The molecule has 0 spiro atoms. The van der Waals surface area contributed by atoms with Crippen molar-refractivity contribution in [1.29, 1.82) is 0 Å². The van der Waals surface area contributed by atoms with Gasteiger partial charge in [-0.3, -0.25) is 14.9 Å². The number of aromatic nitrogens is 1. The third-order valence-corrected chi connectivity index (χ3v) is 6.53. The Morgan fingerprint density at radius 3 is 2.46 bits per heavy atom. The Labute approximate surface area is 201 Å². The number of nitro benzene ring substituents is 1. The number of nitro groups is 1. The lowest BCUT2D eigenvalue weighted by Gasteiger charge is -2.32. The van der Waals surface area contributed by atoms with Gasteiger partial charge in [0, 0.05) is 18.2 Å². The molecule has 0 bridgehead atoms. The maximum absolute atomic E-state index is 11.8. The van der Waals surface area contributed by atoms with E-state index in [1.165, 1.54) is 18.2 Å². The van der Waals surface area contributed by atoms with Gasteiger partial charge in [0.25, 0.3) is 5.69 Å². The molecule has 5 rings (SSSR count). The predicted octanol–water partition coefficient (Wildman–Crippen LogP) is 4.08. The van der Waals surface area contributed by atoms with E-state index in [2.05, 4.69) is 4.98 Å². The summed E-state index contributed by atoms with van der Waals surface area (Å²) in [6.45, 7) is 7.69. The molecule has 1 saturated heterocycles. The molecule has 0 radical (unpaired) electrons. The molecule has 178 valence electrons. The number of ether oxygens (including phenoxy) is 1. The van der Waals surface area contributed by atoms with Gasteiger partial charge in [-0.1, -0.05) is 12.1 Å². The van der Waals surface area contributed by atoms with Crippen molar-refractivity contribution < 1.29 is 23.4 Å². The number of rotatable bonds is 5. The lowest BCUT2D eigenvalue weighted by molar-refractivity contribution is -0.383. The van der Waals surface area contributed by atoms with Crippen molar-refractivity contribution in [2.75, 3.05) is 0 Å². The molecule has 1 aliphatic carbocycles. The molecule has 2 aliphatic heterocycles. The molecule has 0 atom stereocenters. The second kappa shape index (κ2) is 8.18. The second-order valence-corrected chi connectivity index (χ2v) is 9.50. The standard InChI is InChI=1S/C25H23BN2O7/c1-24(2)25(3,4)35-26(34-24)18-8-5-15(11-21(18)28(30)31)14-32-17-7-10-20-23(13-17)33-22-12-16(29)6-9-19(22)27-20/h5-13H,14H2,1-4H3. The molecular formula is C25H23BN2O7. The van der Waals surface area contributed by atoms with Gasteiger partial charge in [-0.25, -0.2) is 4.98 Å². The van der Waals surface area contributed by atoms with Crippen LogP contribution in [0.5, 0.6) is 5.75 Å². The van der Waals surface area contributed by atoms with Crippen molar-refractivity contribution in [2.24, 2.45) is 0 Å². The maximum Gasteiger partial charge on any atom is 0.501 e. The number of nitrogens with zero attached hydrogens (tertiary/aromatic N) is 2. The van der Waals surface area contributed by atoms with Crippen molar-refractivity contribution >= 4 is 29.4 Å². The van der Waals surface area contributed by atoms with E-state index >= 15 is 0 Å². The molecule has 0 amide bonds. The summed E-state index contributed by atoms with van der Waals surface area (Å²) in [6, 6.07) is 14.5. The first-order valence-corrected chi connectivity index (χ1v) is 11.1. The average Bonchev–Trinajstić information content (AvgIpc) is 3.02. The van der Waals surface area contributed by atoms with Crippen molar-refractivity contribution in [3.05, 3.63) is 80.5 Å². The molecule has 0 unspecified atom stereocenters. The van der Waals surface area contributed by atoms with Crippen LogP contribution in [0.3, 0.4) is 0 Å². The molecule has 2 aromatic carbocycles. The fourth-order valence-electron chi connectivity index (χ4n) is 3.85. The first kappa shape index (κ1) is 23.0. The second-order valence-electron chi connectivity index (χ2n) is 9.50. The van der Waals surface area contributed by atoms with Gasteiger partial charge in [0.15, 0.2) is 16.8 Å². The number of hydrogen-bond acceptors (Lipinski definition) is 8. The van der Waals surface area contributed by atoms with Crippen LogP contribution < -0.4 is 15.6 Å². The third kappa shape index (κ3) is 4.26. The van der Waals surface area contributed by atoms with Gasteiger partial charge in [-0.15, -0.1) is 0 Å². The van der Waals surface area contributed by atoms with Crippen LogP contribution in [0.1, 0.15) is 33.3 Å². The van der Waals surface area contributed by atoms with Crippen LogP contribution in [0, 0.1) is 10.1 Å². The quantitative estimate of drug-likeness (QED) is 0.184. The Morgan fingerprint density at radius 1 is 1.00 bits per heavy atom. The van der Waals surface area contributed by atoms with Gasteiger partial charge in [-0.05, 0) is 57.5 Å². The van der Waals surface area contributed by atoms with Crippen molar-refractivity contribution in [3.8, 4) is 17.2 Å². The van der Waals surface area contributed by atoms with Gasteiger partial charge in [0.2, 0.25) is 0 Å². The average molecular weight is 474 g/mol. The highest BCUT2D eigenvalue weighted by Gasteiger charge is 2.53. The summed E-state index contributed by atoms with van der Waals surface area (Å²) in [5.74, 6) is 0.884. The van der Waals surface area contributed by atoms with E-state index < -0.39 is 23.2 Å². The molecule has 35 heavy (non-hydrogen) atoms. The van der Waals surface area contributed by atoms with Crippen LogP contribution in [0.15, 0.2) is 63.8 Å². The molecule has 2 heterocycles. The lowest BCUT2D eigenvalue weighted by atomic mass is 9.77. The van der Waals surface area contributed by atoms with E-state index in [1.54, 1.807) is 36.4 Å². The van der Waals surface area contributed by atoms with Gasteiger partial charge in [-0.2, -0.15) is 0 Å². The topological polar surface area (TPSA) is 114 Å². The van der Waals surface area contributed by atoms with Gasteiger partial charge >= 0.3 is 7.12 Å². The zero-order chi connectivity index (χ0) is 25.0. The third-order valence-electron chi connectivity index (χ3n) is 6.53. The van der Waals surface area contributed by atoms with Crippen molar-refractivity contribution in [2.45, 2.75) is 45.5 Å². The number of hydrogen-bond donors (Lipinski definition) is 0. The molecule has 0 N–H and O–H groups in total. The summed E-state index contributed by atoms with van der Waals surface area (Å²) < 4.78 is 23.7. The largest absolute Gasteiger partial charge is 0.501 e. The molecule has 3 aliphatic rings. The van der Waals surface area contributed by atoms with Gasteiger partial charge < -0.3 is 18.5 Å². The fraction of sp³-hybridized carbons (Fsp3) is 0.280. The Balaban J connectivity index is 1.38. The Bertz CT molecular complexity index is 1460. The highest BCUT2D eigenvalue weighted by atomic mass is 16.7. The first-order valence-electron chi connectivity index (χ1n) is 11.1. The van der Waals surface area contributed by atoms with E-state index in [9.17, 15) is 14.9 Å². The van der Waals surface area contributed by atoms with Crippen LogP contribution in [0.4, 0.5) is 5.69 Å². The maximum atomic E-state index is 11.8. The normalized spacial score (nSPS) is 16.6. The monoisotopic (exact) mass is 474 g/mol. The zero-order valence-corrected chi connectivity index (χ0v) is 19.7. The minimum Gasteiger partial charge on any atom is -0.489 e. The van der Waals surface area contributed by atoms with Gasteiger partial charge in [0.1, 0.15) is 23.6 Å². The Kier molecular flexibility index (Phi) is 5.38. The summed E-state index contributed by atoms with van der Waals surface area (Å²) in [4.78, 5) is 27.5. The summed E-state index contributed by atoms with van der Waals surface area (Å²) in [5.41, 5.74) is 1.16. The van der Waals surface area contributed by atoms with E-state index in [0.717, 1.165) is 0 Å². The van der Waals surface area contributed by atoms with Crippen molar-refractivity contribution in [1.82, 2.24) is 4.98 Å². The minimum absolute atomic E-state index is 0.0952. The van der Waals surface area contributed by atoms with Crippen molar-refractivity contribution in [3.63, 3.8) is 0 Å². The molecular weight excluding hydrogens is 451 g/mol. The number of fused-ring (bicyclic) bond motifs is 2. The van der Waals surface area contributed by atoms with Crippen LogP contribution in [-0.4, -0.2) is 28.2 Å². The SMILES string of the molecule is CC1(C)OB(c2ccc(COc3ccc4nc5ccc(=O)cc-5oc4c3)cc2[N+](=O)[O-])OC1(C)C.